The summed E-state index contributed by atoms with van der Waals surface area (Å²) in [7, 11) is 0. The van der Waals surface area contributed by atoms with Crippen molar-refractivity contribution in [2.45, 2.75) is 38.6 Å². The number of carbonyl (C=O) groups is 1. The fourth-order valence-corrected chi connectivity index (χ4v) is 2.01. The fourth-order valence-electron chi connectivity index (χ4n) is 2.01. The van der Waals surface area contributed by atoms with Crippen LogP contribution in [0.2, 0.25) is 0 Å². The average Bonchev–Trinajstić information content (AvgIpc) is 2.70. The van der Waals surface area contributed by atoms with Crippen LogP contribution >= 0.6 is 0 Å². The first-order valence-electron chi connectivity index (χ1n) is 6.21. The van der Waals surface area contributed by atoms with Crippen molar-refractivity contribution in [1.82, 2.24) is 5.32 Å². The number of amidine groups is 1. The minimum atomic E-state index is -0.147. The van der Waals surface area contributed by atoms with Crippen molar-refractivity contribution >= 4 is 11.7 Å². The molecule has 0 spiro atoms. The van der Waals surface area contributed by atoms with Crippen molar-refractivity contribution < 1.29 is 4.79 Å². The van der Waals surface area contributed by atoms with Crippen molar-refractivity contribution in [3.05, 3.63) is 35.9 Å². The number of hydrogen-bond donors (Lipinski definition) is 1. The summed E-state index contributed by atoms with van der Waals surface area (Å²) in [5.41, 5.74) is 1.28. The molecular formula is C14H18N2O. The van der Waals surface area contributed by atoms with Crippen LogP contribution in [0.15, 0.2) is 35.3 Å². The third kappa shape index (κ3) is 3.16. The number of rotatable bonds is 5. The lowest BCUT2D eigenvalue weighted by Crippen LogP contribution is -2.28. The minimum Gasteiger partial charge on any atom is -0.313 e. The molecule has 1 aliphatic heterocycles. The Labute approximate surface area is 102 Å². The van der Waals surface area contributed by atoms with Crippen LogP contribution in [0.3, 0.4) is 0 Å². The fraction of sp³-hybridized carbons (Fsp3) is 0.429. The van der Waals surface area contributed by atoms with E-state index in [4.69, 9.17) is 0 Å². The predicted molar refractivity (Wildman–Crippen MR) is 69.0 cm³/mol. The van der Waals surface area contributed by atoms with Crippen molar-refractivity contribution in [2.24, 2.45) is 4.99 Å². The molecule has 0 saturated heterocycles. The lowest BCUT2D eigenvalue weighted by atomic mass is 10.1. The van der Waals surface area contributed by atoms with Crippen LogP contribution in [0, 0.1) is 0 Å². The number of aliphatic imine (C=N–C) groups is 1. The Bertz CT molecular complexity index is 411. The van der Waals surface area contributed by atoms with E-state index in [1.165, 1.54) is 5.56 Å². The molecule has 3 nitrogen and oxygen atoms in total. The molecule has 0 radical (unpaired) electrons. The van der Waals surface area contributed by atoms with Gasteiger partial charge in [0.15, 0.2) is 0 Å². The zero-order chi connectivity index (χ0) is 12.1. The Hall–Kier alpha value is -1.64. The lowest BCUT2D eigenvalue weighted by Gasteiger charge is -2.01. The van der Waals surface area contributed by atoms with Crippen LogP contribution in [-0.2, 0) is 11.2 Å². The summed E-state index contributed by atoms with van der Waals surface area (Å²) in [6.45, 7) is 2.07. The van der Waals surface area contributed by atoms with Crippen LogP contribution in [0.25, 0.3) is 0 Å². The second kappa shape index (κ2) is 5.62. The third-order valence-electron chi connectivity index (χ3n) is 2.94. The number of aryl methyl sites for hydroxylation is 1. The molecule has 0 bridgehead atoms. The molecule has 3 heteroatoms. The molecule has 1 amide bonds. The van der Waals surface area contributed by atoms with Gasteiger partial charge >= 0.3 is 0 Å². The summed E-state index contributed by atoms with van der Waals surface area (Å²) in [5, 5.41) is 2.87. The highest BCUT2D eigenvalue weighted by atomic mass is 16.2. The van der Waals surface area contributed by atoms with Crippen LogP contribution < -0.4 is 5.32 Å². The second-order valence-electron chi connectivity index (χ2n) is 4.36. The molecule has 1 aliphatic rings. The molecule has 1 heterocycles. The summed E-state index contributed by atoms with van der Waals surface area (Å²) in [6, 6.07) is 10.1. The number of benzene rings is 1. The van der Waals surface area contributed by atoms with E-state index in [0.717, 1.165) is 31.5 Å². The van der Waals surface area contributed by atoms with Gasteiger partial charge in [-0.3, -0.25) is 9.79 Å². The van der Waals surface area contributed by atoms with Crippen LogP contribution in [0.1, 0.15) is 31.7 Å². The molecule has 1 aromatic rings. The highest BCUT2D eigenvalue weighted by Gasteiger charge is 2.24. The summed E-state index contributed by atoms with van der Waals surface area (Å²) in [4.78, 5) is 16.0. The Morgan fingerprint density at radius 3 is 2.71 bits per heavy atom. The average molecular weight is 230 g/mol. The van der Waals surface area contributed by atoms with Gasteiger partial charge in [-0.2, -0.15) is 0 Å². The van der Waals surface area contributed by atoms with E-state index in [-0.39, 0.29) is 11.9 Å². The summed E-state index contributed by atoms with van der Waals surface area (Å²) < 4.78 is 0. The van der Waals surface area contributed by atoms with Crippen molar-refractivity contribution in [3.8, 4) is 0 Å². The number of carbonyl (C=O) groups excluding carboxylic acids is 1. The standard InChI is InChI=1S/C14H18N2O/c1-2-6-12-14(17)16-13(15-12)10-9-11-7-4-3-5-8-11/h3-5,7-8,12H,2,6,9-10H2,1H3,(H,15,16,17). The van der Waals surface area contributed by atoms with E-state index < -0.39 is 0 Å². The third-order valence-corrected chi connectivity index (χ3v) is 2.94. The van der Waals surface area contributed by atoms with Gasteiger partial charge in [0.2, 0.25) is 5.91 Å². The van der Waals surface area contributed by atoms with E-state index in [1.54, 1.807) is 0 Å². The Morgan fingerprint density at radius 1 is 1.24 bits per heavy atom. The zero-order valence-electron chi connectivity index (χ0n) is 10.1. The van der Waals surface area contributed by atoms with Gasteiger partial charge < -0.3 is 5.32 Å². The molecule has 0 aromatic heterocycles. The number of nitrogens with one attached hydrogen (secondary N) is 1. The summed E-state index contributed by atoms with van der Waals surface area (Å²) >= 11 is 0. The van der Waals surface area contributed by atoms with Gasteiger partial charge in [0.1, 0.15) is 11.9 Å². The maximum atomic E-state index is 11.6. The molecule has 17 heavy (non-hydrogen) atoms. The maximum absolute atomic E-state index is 11.6. The topological polar surface area (TPSA) is 41.5 Å². The molecule has 1 N–H and O–H groups in total. The number of hydrogen-bond acceptors (Lipinski definition) is 2. The first-order chi connectivity index (χ1) is 8.29. The Morgan fingerprint density at radius 2 is 2.00 bits per heavy atom. The highest BCUT2D eigenvalue weighted by molar-refractivity contribution is 6.05. The van der Waals surface area contributed by atoms with Crippen LogP contribution in [0.5, 0.6) is 0 Å². The van der Waals surface area contributed by atoms with Crippen LogP contribution in [0.4, 0.5) is 0 Å². The molecule has 90 valence electrons. The molecule has 2 rings (SSSR count). The van der Waals surface area contributed by atoms with Gasteiger partial charge in [-0.05, 0) is 18.4 Å². The molecular weight excluding hydrogens is 212 g/mol. The molecule has 0 fully saturated rings. The van der Waals surface area contributed by atoms with Crippen molar-refractivity contribution in [2.75, 3.05) is 0 Å². The molecule has 1 aromatic carbocycles. The van der Waals surface area contributed by atoms with Gasteiger partial charge in [-0.25, -0.2) is 0 Å². The van der Waals surface area contributed by atoms with Gasteiger partial charge in [0.05, 0.1) is 0 Å². The SMILES string of the molecule is CCCC1N=C(CCc2ccccc2)NC1=O. The zero-order valence-corrected chi connectivity index (χ0v) is 10.1. The Kier molecular flexibility index (Phi) is 3.91. The highest BCUT2D eigenvalue weighted by Crippen LogP contribution is 2.11. The molecule has 0 saturated carbocycles. The summed E-state index contributed by atoms with van der Waals surface area (Å²) in [5.74, 6) is 0.909. The molecule has 1 unspecified atom stereocenters. The van der Waals surface area contributed by atoms with Gasteiger partial charge in [-0.15, -0.1) is 0 Å². The molecule has 0 aliphatic carbocycles. The normalized spacial score (nSPS) is 19.0. The van der Waals surface area contributed by atoms with Gasteiger partial charge in [0, 0.05) is 6.42 Å². The number of amides is 1. The van der Waals surface area contributed by atoms with E-state index in [9.17, 15) is 4.79 Å². The largest absolute Gasteiger partial charge is 0.313 e. The monoisotopic (exact) mass is 230 g/mol. The van der Waals surface area contributed by atoms with E-state index >= 15 is 0 Å². The van der Waals surface area contributed by atoms with Gasteiger partial charge in [-0.1, -0.05) is 43.7 Å². The second-order valence-corrected chi connectivity index (χ2v) is 4.36. The lowest BCUT2D eigenvalue weighted by molar-refractivity contribution is -0.120. The van der Waals surface area contributed by atoms with Crippen molar-refractivity contribution in [3.63, 3.8) is 0 Å². The maximum Gasteiger partial charge on any atom is 0.250 e. The smallest absolute Gasteiger partial charge is 0.250 e. The van der Waals surface area contributed by atoms with Crippen molar-refractivity contribution in [1.29, 1.82) is 0 Å². The minimum absolute atomic E-state index is 0.0647. The number of nitrogens with zero attached hydrogens (tertiary/aromatic N) is 1. The Balaban J connectivity index is 1.88. The molecule has 1 atom stereocenters. The predicted octanol–water partition coefficient (Wildman–Crippen LogP) is 2.32. The van der Waals surface area contributed by atoms with E-state index in [1.807, 2.05) is 18.2 Å². The quantitative estimate of drug-likeness (QED) is 0.828. The first kappa shape index (κ1) is 11.8. The van der Waals surface area contributed by atoms with E-state index in [2.05, 4.69) is 29.4 Å². The van der Waals surface area contributed by atoms with Crippen LogP contribution in [-0.4, -0.2) is 17.8 Å². The first-order valence-corrected chi connectivity index (χ1v) is 6.21. The summed E-state index contributed by atoms with van der Waals surface area (Å²) in [6.07, 6.45) is 3.59. The van der Waals surface area contributed by atoms with E-state index in [0.29, 0.717) is 0 Å². The van der Waals surface area contributed by atoms with Gasteiger partial charge in [0.25, 0.3) is 0 Å².